The van der Waals surface area contributed by atoms with Crippen molar-refractivity contribution in [1.82, 2.24) is 20.4 Å². The molecule has 2 atom stereocenters. The average Bonchev–Trinajstić information content (AvgIpc) is 3.71. The summed E-state index contributed by atoms with van der Waals surface area (Å²) in [4.78, 5) is 33.3. The Morgan fingerprint density at radius 1 is 1.21 bits per heavy atom. The van der Waals surface area contributed by atoms with Crippen LogP contribution in [0.2, 0.25) is 0 Å². The van der Waals surface area contributed by atoms with Gasteiger partial charge in [0.05, 0.1) is 12.7 Å². The van der Waals surface area contributed by atoms with Gasteiger partial charge in [-0.25, -0.2) is 4.39 Å². The van der Waals surface area contributed by atoms with Crippen LogP contribution in [0.4, 0.5) is 10.4 Å². The summed E-state index contributed by atoms with van der Waals surface area (Å²) < 4.78 is 26.3. The van der Waals surface area contributed by atoms with E-state index >= 15 is 0 Å². The van der Waals surface area contributed by atoms with Gasteiger partial charge in [0.2, 0.25) is 11.8 Å². The predicted molar refractivity (Wildman–Crippen MR) is 159 cm³/mol. The molecule has 5 rings (SSSR count). The van der Waals surface area contributed by atoms with Gasteiger partial charge in [0.25, 0.3) is 0 Å². The maximum absolute atomic E-state index is 15.0. The molecule has 1 aliphatic carbocycles. The average molecular weight is 593 g/mol. The van der Waals surface area contributed by atoms with Gasteiger partial charge < -0.3 is 24.4 Å². The maximum atomic E-state index is 15.0. The van der Waals surface area contributed by atoms with Crippen LogP contribution in [0, 0.1) is 29.0 Å². The van der Waals surface area contributed by atoms with E-state index in [2.05, 4.69) is 26.4 Å². The summed E-state index contributed by atoms with van der Waals surface area (Å²) in [5.41, 5.74) is 1.83. The number of benzene rings is 1. The fourth-order valence-corrected chi connectivity index (χ4v) is 6.02. The molecule has 1 N–H and O–H groups in total. The molecule has 3 aliphatic rings. The molecule has 2 unspecified atom stereocenters. The van der Waals surface area contributed by atoms with Crippen molar-refractivity contribution in [3.05, 3.63) is 41.5 Å². The van der Waals surface area contributed by atoms with Gasteiger partial charge in [0, 0.05) is 44.4 Å². The van der Waals surface area contributed by atoms with Crippen LogP contribution in [0.25, 0.3) is 5.57 Å². The number of rotatable bonds is 10. The van der Waals surface area contributed by atoms with Gasteiger partial charge in [-0.05, 0) is 74.1 Å². The highest BCUT2D eigenvalue weighted by Gasteiger charge is 2.29. The number of aromatic nitrogens is 2. The number of nitrogens with one attached hydrogen (secondary N) is 1. The highest BCUT2D eigenvalue weighted by atomic mass is 19.1. The second-order valence-electron chi connectivity index (χ2n) is 12.1. The lowest BCUT2D eigenvalue weighted by Crippen LogP contribution is -2.38. The standard InChI is InChI=1S/C32H41FN6O4/c1-21(2)30-36-32(43-37-30)38-16-12-22(13-17-38)20-42-28-10-9-25(18-27(28)33)23-5-7-24(8-6-23)31(41)35-14-11-29(40)39-15-3-4-26(39)19-34/h5,9-10,18,21-22,24,26H,3-4,6-8,11-17,20H2,1-2H3,(H,35,41). The van der Waals surface area contributed by atoms with Gasteiger partial charge in [-0.15, -0.1) is 0 Å². The molecule has 0 radical (unpaired) electrons. The molecule has 2 fully saturated rings. The SMILES string of the molecule is CC(C)c1noc(N2CCC(COc3ccc(C4=CCC(C(=O)NCCC(=O)N5CCCC5C#N)CC4)cc3F)CC2)n1. The molecule has 2 aromatic rings. The molecule has 230 valence electrons. The van der Waals surface area contributed by atoms with E-state index in [9.17, 15) is 19.2 Å². The molecule has 2 aliphatic heterocycles. The van der Waals surface area contributed by atoms with E-state index < -0.39 is 0 Å². The molecule has 0 saturated carbocycles. The molecule has 1 aromatic heterocycles. The lowest BCUT2D eigenvalue weighted by Gasteiger charge is -2.30. The van der Waals surface area contributed by atoms with Crippen LogP contribution in [-0.4, -0.2) is 65.7 Å². The van der Waals surface area contributed by atoms with Gasteiger partial charge in [-0.2, -0.15) is 10.2 Å². The third kappa shape index (κ3) is 7.53. The van der Waals surface area contributed by atoms with Crippen LogP contribution in [0.3, 0.4) is 0 Å². The molecule has 10 nitrogen and oxygen atoms in total. The first kappa shape index (κ1) is 30.5. The van der Waals surface area contributed by atoms with Crippen LogP contribution in [0.1, 0.15) is 82.5 Å². The van der Waals surface area contributed by atoms with Crippen LogP contribution in [0.15, 0.2) is 28.8 Å². The summed E-state index contributed by atoms with van der Waals surface area (Å²) in [6, 6.07) is 7.48. The second kappa shape index (κ2) is 14.0. The minimum absolute atomic E-state index is 0.0699. The summed E-state index contributed by atoms with van der Waals surface area (Å²) in [6.07, 6.45) is 7.47. The lowest BCUT2D eigenvalue weighted by atomic mass is 9.86. The minimum atomic E-state index is -0.385. The van der Waals surface area contributed by atoms with Crippen molar-refractivity contribution in [3.63, 3.8) is 0 Å². The summed E-state index contributed by atoms with van der Waals surface area (Å²) in [6.45, 7) is 6.98. The number of allylic oxidation sites excluding steroid dienone is 2. The molecular formula is C32H41FN6O4. The maximum Gasteiger partial charge on any atom is 0.324 e. The minimum Gasteiger partial charge on any atom is -0.490 e. The number of hydrogen-bond acceptors (Lipinski definition) is 8. The topological polar surface area (TPSA) is 125 Å². The smallest absolute Gasteiger partial charge is 0.324 e. The number of halogens is 1. The Morgan fingerprint density at radius 2 is 2.02 bits per heavy atom. The fourth-order valence-electron chi connectivity index (χ4n) is 6.02. The molecular weight excluding hydrogens is 551 g/mol. The number of hydrogen-bond donors (Lipinski definition) is 1. The number of piperidine rings is 1. The largest absolute Gasteiger partial charge is 0.490 e. The number of carbonyl (C=O) groups excluding carboxylic acids is 2. The molecule has 2 saturated heterocycles. The first-order chi connectivity index (χ1) is 20.8. The molecule has 11 heteroatoms. The van der Waals surface area contributed by atoms with Crippen LogP contribution in [0.5, 0.6) is 5.75 Å². The van der Waals surface area contributed by atoms with Crippen molar-refractivity contribution in [2.24, 2.45) is 11.8 Å². The van der Waals surface area contributed by atoms with Crippen molar-refractivity contribution in [3.8, 4) is 11.8 Å². The number of nitrogens with zero attached hydrogens (tertiary/aromatic N) is 5. The van der Waals surface area contributed by atoms with E-state index in [4.69, 9.17) is 9.26 Å². The van der Waals surface area contributed by atoms with E-state index in [1.165, 1.54) is 6.07 Å². The summed E-state index contributed by atoms with van der Waals surface area (Å²) in [5, 5.41) is 16.1. The fraction of sp³-hybridized carbons (Fsp3) is 0.594. The van der Waals surface area contributed by atoms with Crippen LogP contribution in [-0.2, 0) is 9.59 Å². The zero-order chi connectivity index (χ0) is 30.3. The Hall–Kier alpha value is -3.94. The number of likely N-dealkylation sites (tertiary alicyclic amines) is 1. The van der Waals surface area contributed by atoms with Crippen molar-refractivity contribution in [1.29, 1.82) is 5.26 Å². The number of nitriles is 1. The Labute approximate surface area is 252 Å². The number of carbonyl (C=O) groups is 2. The van der Waals surface area contributed by atoms with E-state index in [0.717, 1.165) is 43.5 Å². The van der Waals surface area contributed by atoms with Crippen molar-refractivity contribution >= 4 is 23.4 Å². The second-order valence-corrected chi connectivity index (χ2v) is 12.1. The third-order valence-electron chi connectivity index (χ3n) is 8.75. The van der Waals surface area contributed by atoms with Gasteiger partial charge >= 0.3 is 6.01 Å². The Bertz CT molecular complexity index is 1360. The molecule has 43 heavy (non-hydrogen) atoms. The number of ether oxygens (including phenoxy) is 1. The van der Waals surface area contributed by atoms with Crippen molar-refractivity contribution in [2.45, 2.75) is 77.2 Å². The Balaban J connectivity index is 1.04. The van der Waals surface area contributed by atoms with Gasteiger partial charge in [-0.1, -0.05) is 31.1 Å². The van der Waals surface area contributed by atoms with E-state index in [1.54, 1.807) is 11.0 Å². The van der Waals surface area contributed by atoms with Crippen LogP contribution < -0.4 is 15.0 Å². The predicted octanol–water partition coefficient (Wildman–Crippen LogP) is 4.83. The van der Waals surface area contributed by atoms with Crippen molar-refractivity contribution < 1.29 is 23.2 Å². The monoisotopic (exact) mass is 592 g/mol. The van der Waals surface area contributed by atoms with E-state index in [0.29, 0.717) is 56.6 Å². The lowest BCUT2D eigenvalue weighted by molar-refractivity contribution is -0.131. The molecule has 0 spiro atoms. The van der Waals surface area contributed by atoms with Crippen molar-refractivity contribution in [2.75, 3.05) is 37.7 Å². The normalized spacial score (nSPS) is 21.0. The summed E-state index contributed by atoms with van der Waals surface area (Å²) in [5.74, 6) is 0.788. The van der Waals surface area contributed by atoms with Gasteiger partial charge in [0.1, 0.15) is 6.04 Å². The van der Waals surface area contributed by atoms with Gasteiger partial charge in [0.15, 0.2) is 17.4 Å². The Kier molecular flexibility index (Phi) is 9.95. The number of amides is 2. The molecule has 3 heterocycles. The zero-order valence-corrected chi connectivity index (χ0v) is 25.1. The Morgan fingerprint density at radius 3 is 2.70 bits per heavy atom. The molecule has 1 aromatic carbocycles. The zero-order valence-electron chi connectivity index (χ0n) is 25.1. The van der Waals surface area contributed by atoms with Crippen LogP contribution >= 0.6 is 0 Å². The highest BCUT2D eigenvalue weighted by Crippen LogP contribution is 2.33. The van der Waals surface area contributed by atoms with E-state index in [1.807, 2.05) is 26.0 Å². The quantitative estimate of drug-likeness (QED) is 0.416. The molecule has 0 bridgehead atoms. The summed E-state index contributed by atoms with van der Waals surface area (Å²) in [7, 11) is 0. The molecule has 2 amide bonds. The van der Waals surface area contributed by atoms with Gasteiger partial charge in [-0.3, -0.25) is 9.59 Å². The highest BCUT2D eigenvalue weighted by molar-refractivity contribution is 5.82. The first-order valence-corrected chi connectivity index (χ1v) is 15.5. The first-order valence-electron chi connectivity index (χ1n) is 15.5. The number of anilines is 1. The summed E-state index contributed by atoms with van der Waals surface area (Å²) >= 11 is 0. The third-order valence-corrected chi connectivity index (χ3v) is 8.75. The van der Waals surface area contributed by atoms with E-state index in [-0.39, 0.29) is 54.2 Å².